The third kappa shape index (κ3) is 1.60. The summed E-state index contributed by atoms with van der Waals surface area (Å²) >= 11 is 0. The van der Waals surface area contributed by atoms with E-state index in [-0.39, 0.29) is 0 Å². The van der Waals surface area contributed by atoms with E-state index in [1.54, 1.807) is 0 Å². The molecule has 17 heavy (non-hydrogen) atoms. The van der Waals surface area contributed by atoms with Gasteiger partial charge >= 0.3 is 0 Å². The Kier molecular flexibility index (Phi) is 2.33. The molecule has 0 saturated carbocycles. The number of para-hydroxylation sites is 1. The zero-order valence-electron chi connectivity index (χ0n) is 9.95. The van der Waals surface area contributed by atoms with Crippen LogP contribution in [0.2, 0.25) is 0 Å². The zero-order chi connectivity index (χ0) is 12.0. The van der Waals surface area contributed by atoms with Crippen molar-refractivity contribution in [3.05, 3.63) is 52.9 Å². The maximum Gasteiger partial charge on any atom is 0.134 e. The summed E-state index contributed by atoms with van der Waals surface area (Å²) in [7, 11) is 3.73. The number of fused-ring (bicyclic) bond motifs is 1. The van der Waals surface area contributed by atoms with Gasteiger partial charge in [-0.25, -0.2) is 0 Å². The number of hydrogen-bond acceptors (Lipinski definition) is 1. The smallest absolute Gasteiger partial charge is 0.134 e. The lowest BCUT2D eigenvalue weighted by Gasteiger charge is -2.06. The first kappa shape index (κ1) is 10.6. The van der Waals surface area contributed by atoms with E-state index in [1.807, 2.05) is 18.2 Å². The van der Waals surface area contributed by atoms with Crippen molar-refractivity contribution in [2.45, 2.75) is 13.8 Å². The Balaban J connectivity index is 2.17. The van der Waals surface area contributed by atoms with Gasteiger partial charge in [0.15, 0.2) is 0 Å². The summed E-state index contributed by atoms with van der Waals surface area (Å²) in [6, 6.07) is 10.2. The van der Waals surface area contributed by atoms with E-state index in [1.165, 1.54) is 16.3 Å². The van der Waals surface area contributed by atoms with Crippen molar-refractivity contribution in [3.63, 3.8) is 0 Å². The van der Waals surface area contributed by atoms with Gasteiger partial charge in [-0.1, -0.05) is 42.0 Å². The fourth-order valence-corrected chi connectivity index (χ4v) is 2.63. The minimum atomic E-state index is 0.454. The quantitative estimate of drug-likeness (QED) is 0.685. The highest BCUT2D eigenvalue weighted by Crippen LogP contribution is 2.36. The van der Waals surface area contributed by atoms with Crippen LogP contribution in [0.15, 0.2) is 51.6 Å². The molecule has 0 bridgehead atoms. The van der Waals surface area contributed by atoms with Crippen molar-refractivity contribution in [2.75, 3.05) is 0 Å². The average molecular weight is 237 g/mol. The molecule has 2 aromatic rings. The highest BCUT2D eigenvalue weighted by atomic mass is 28.1. The van der Waals surface area contributed by atoms with Crippen LogP contribution >= 0.6 is 0 Å². The Bertz CT molecular complexity index is 613. The molecular weight excluding hydrogens is 224 g/mol. The van der Waals surface area contributed by atoms with Gasteiger partial charge < -0.3 is 4.42 Å². The molecule has 1 aliphatic rings. The van der Waals surface area contributed by atoms with Crippen LogP contribution in [0.25, 0.3) is 16.5 Å². The van der Waals surface area contributed by atoms with E-state index in [4.69, 9.17) is 4.42 Å². The van der Waals surface area contributed by atoms with Crippen molar-refractivity contribution < 1.29 is 4.42 Å². The molecule has 0 aliphatic heterocycles. The summed E-state index contributed by atoms with van der Waals surface area (Å²) in [5.74, 6) is 1.40. The molecule has 3 radical (unpaired) electrons. The van der Waals surface area contributed by atoms with E-state index < -0.39 is 0 Å². The summed E-state index contributed by atoms with van der Waals surface area (Å²) in [6.45, 7) is 4.35. The van der Waals surface area contributed by atoms with Gasteiger partial charge in [-0.3, -0.25) is 0 Å². The Hall–Kier alpha value is -1.54. The topological polar surface area (TPSA) is 13.1 Å². The molecule has 3 rings (SSSR count). The molecule has 0 amide bonds. The molecule has 1 aromatic carbocycles. The predicted molar refractivity (Wildman–Crippen MR) is 71.8 cm³/mol. The molecule has 1 atom stereocenters. The maximum absolute atomic E-state index is 5.89. The van der Waals surface area contributed by atoms with Gasteiger partial charge in [0, 0.05) is 11.0 Å². The SMILES string of the molecule is CC1=CC(c2cc3ccccc3o2)=C([Si])C1C. The van der Waals surface area contributed by atoms with Crippen LogP contribution in [0.3, 0.4) is 0 Å². The molecule has 2 heteroatoms. The van der Waals surface area contributed by atoms with Gasteiger partial charge in [0.2, 0.25) is 0 Å². The lowest BCUT2D eigenvalue weighted by Crippen LogP contribution is -1.96. The van der Waals surface area contributed by atoms with Crippen LogP contribution in [0, 0.1) is 5.92 Å². The highest BCUT2D eigenvalue weighted by molar-refractivity contribution is 6.27. The van der Waals surface area contributed by atoms with E-state index >= 15 is 0 Å². The monoisotopic (exact) mass is 237 g/mol. The molecule has 1 aliphatic carbocycles. The summed E-state index contributed by atoms with van der Waals surface area (Å²) < 4.78 is 5.89. The van der Waals surface area contributed by atoms with Crippen molar-refractivity contribution >= 4 is 26.8 Å². The first-order valence-corrected chi connectivity index (χ1v) is 6.29. The second-order valence-electron chi connectivity index (χ2n) is 4.59. The minimum Gasteiger partial charge on any atom is -0.456 e. The van der Waals surface area contributed by atoms with E-state index in [0.717, 1.165) is 16.7 Å². The maximum atomic E-state index is 5.89. The fraction of sp³-hybridized carbons (Fsp3) is 0.200. The van der Waals surface area contributed by atoms with Crippen LogP contribution in [0.4, 0.5) is 0 Å². The minimum absolute atomic E-state index is 0.454. The molecule has 1 unspecified atom stereocenters. The number of allylic oxidation sites excluding steroid dienone is 4. The van der Waals surface area contributed by atoms with Gasteiger partial charge in [0.05, 0.1) is 10.2 Å². The van der Waals surface area contributed by atoms with Crippen molar-refractivity contribution in [3.8, 4) is 0 Å². The largest absolute Gasteiger partial charge is 0.456 e. The third-order valence-electron chi connectivity index (χ3n) is 3.47. The summed E-state index contributed by atoms with van der Waals surface area (Å²) in [6.07, 6.45) is 2.20. The molecule has 0 spiro atoms. The normalized spacial score (nSPS) is 20.2. The standard InChI is InChI=1S/C15H13OSi/c1-9-7-12(15(17)10(9)2)14-8-11-5-3-4-6-13(11)16-14/h3-8,10H,1-2H3. The molecule has 0 fully saturated rings. The Morgan fingerprint density at radius 2 is 2.00 bits per heavy atom. The Morgan fingerprint density at radius 1 is 1.24 bits per heavy atom. The van der Waals surface area contributed by atoms with Gasteiger partial charge in [0.25, 0.3) is 0 Å². The summed E-state index contributed by atoms with van der Waals surface area (Å²) in [5, 5.41) is 2.36. The van der Waals surface area contributed by atoms with Crippen molar-refractivity contribution in [1.82, 2.24) is 0 Å². The lowest BCUT2D eigenvalue weighted by atomic mass is 10.1. The highest BCUT2D eigenvalue weighted by Gasteiger charge is 2.20. The molecular formula is C15H13OSi. The molecule has 0 saturated heterocycles. The van der Waals surface area contributed by atoms with Crippen molar-refractivity contribution in [2.24, 2.45) is 5.92 Å². The summed E-state index contributed by atoms with van der Waals surface area (Å²) in [5.41, 5.74) is 3.48. The van der Waals surface area contributed by atoms with Crippen LogP contribution in [0.1, 0.15) is 19.6 Å². The van der Waals surface area contributed by atoms with Crippen LogP contribution in [0.5, 0.6) is 0 Å². The van der Waals surface area contributed by atoms with Crippen molar-refractivity contribution in [1.29, 1.82) is 0 Å². The number of hydrogen-bond donors (Lipinski definition) is 0. The number of furan rings is 1. The number of rotatable bonds is 1. The molecule has 0 N–H and O–H groups in total. The predicted octanol–water partition coefficient (Wildman–Crippen LogP) is 3.91. The molecule has 1 nitrogen and oxygen atoms in total. The lowest BCUT2D eigenvalue weighted by molar-refractivity contribution is 0.600. The Labute approximate surface area is 104 Å². The third-order valence-corrected chi connectivity index (χ3v) is 4.17. The molecule has 83 valence electrons. The van der Waals surface area contributed by atoms with Gasteiger partial charge in [-0.15, -0.1) is 0 Å². The fourth-order valence-electron chi connectivity index (χ4n) is 2.21. The Morgan fingerprint density at radius 3 is 2.65 bits per heavy atom. The molecule has 1 aromatic heterocycles. The first-order valence-electron chi connectivity index (χ1n) is 5.79. The van der Waals surface area contributed by atoms with Crippen LogP contribution in [-0.4, -0.2) is 10.2 Å². The second kappa shape index (κ2) is 3.74. The van der Waals surface area contributed by atoms with Crippen LogP contribution in [-0.2, 0) is 0 Å². The summed E-state index contributed by atoms with van der Waals surface area (Å²) in [4.78, 5) is 0. The zero-order valence-corrected chi connectivity index (χ0v) is 10.9. The first-order chi connectivity index (χ1) is 8.16. The van der Waals surface area contributed by atoms with E-state index in [0.29, 0.717) is 5.92 Å². The van der Waals surface area contributed by atoms with E-state index in [9.17, 15) is 0 Å². The second-order valence-corrected chi connectivity index (χ2v) is 5.12. The van der Waals surface area contributed by atoms with Gasteiger partial charge in [0.1, 0.15) is 11.3 Å². The molecule has 1 heterocycles. The number of benzene rings is 1. The van der Waals surface area contributed by atoms with Crippen LogP contribution < -0.4 is 0 Å². The van der Waals surface area contributed by atoms with Gasteiger partial charge in [-0.2, -0.15) is 0 Å². The average Bonchev–Trinajstić information content (AvgIpc) is 2.86. The van der Waals surface area contributed by atoms with E-state index in [2.05, 4.69) is 42.3 Å². The van der Waals surface area contributed by atoms with Gasteiger partial charge in [-0.05, 0) is 25.0 Å².